The second-order valence-corrected chi connectivity index (χ2v) is 8.10. The zero-order valence-electron chi connectivity index (χ0n) is 15.0. The number of hydrogen-bond acceptors (Lipinski definition) is 4. The average Bonchev–Trinajstić information content (AvgIpc) is 2.67. The van der Waals surface area contributed by atoms with Crippen LogP contribution in [0.1, 0.15) is 0 Å². The van der Waals surface area contributed by atoms with Crippen LogP contribution in [-0.2, 0) is 18.9 Å². The van der Waals surface area contributed by atoms with Crippen LogP contribution < -0.4 is 5.19 Å². The highest BCUT2D eigenvalue weighted by atomic mass is 35.5. The molecule has 1 rings (SSSR count). The zero-order valence-corrected chi connectivity index (χ0v) is 18.0. The standard InChI is InChI=1S/C19H28Cl2O4Si/c1-3-10-22-14-16(12-20)24-19(26-18-8-6-5-7-9-18)25-17(13-21)15-23-11-4-2/h3-9,16-17,19H,1-2,10-15,26H2. The molecule has 0 fully saturated rings. The molecule has 2 unspecified atom stereocenters. The van der Waals surface area contributed by atoms with E-state index in [1.807, 2.05) is 18.2 Å². The highest BCUT2D eigenvalue weighted by Gasteiger charge is 2.22. The Morgan fingerprint density at radius 2 is 1.38 bits per heavy atom. The second kappa shape index (κ2) is 15.4. The topological polar surface area (TPSA) is 36.9 Å². The van der Waals surface area contributed by atoms with Crippen LogP contribution >= 0.6 is 23.2 Å². The van der Waals surface area contributed by atoms with Gasteiger partial charge in [0.05, 0.1) is 50.4 Å². The molecule has 1 aromatic carbocycles. The van der Waals surface area contributed by atoms with E-state index < -0.39 is 9.52 Å². The fourth-order valence-electron chi connectivity index (χ4n) is 2.17. The monoisotopic (exact) mass is 418 g/mol. The lowest BCUT2D eigenvalue weighted by Crippen LogP contribution is -2.41. The molecule has 0 aliphatic carbocycles. The molecule has 26 heavy (non-hydrogen) atoms. The van der Waals surface area contributed by atoms with E-state index in [-0.39, 0.29) is 18.1 Å². The summed E-state index contributed by atoms with van der Waals surface area (Å²) in [5.74, 6) is 0.266. The van der Waals surface area contributed by atoms with Crippen LogP contribution in [0, 0.1) is 0 Å². The Hall–Kier alpha value is -0.663. The fourth-order valence-corrected chi connectivity index (χ4v) is 4.16. The molecule has 0 N–H and O–H groups in total. The largest absolute Gasteiger partial charge is 0.375 e. The van der Waals surface area contributed by atoms with Crippen molar-refractivity contribution in [2.75, 3.05) is 38.2 Å². The minimum Gasteiger partial charge on any atom is -0.375 e. The van der Waals surface area contributed by atoms with Gasteiger partial charge in [0.2, 0.25) is 0 Å². The van der Waals surface area contributed by atoms with E-state index >= 15 is 0 Å². The summed E-state index contributed by atoms with van der Waals surface area (Å²) in [6.45, 7) is 8.95. The third kappa shape index (κ3) is 10.5. The van der Waals surface area contributed by atoms with Crippen molar-refractivity contribution in [1.82, 2.24) is 0 Å². The number of alkyl halides is 2. The Morgan fingerprint density at radius 1 is 0.885 bits per heavy atom. The summed E-state index contributed by atoms with van der Waals surface area (Å²) in [4.78, 5) is 0. The van der Waals surface area contributed by atoms with Crippen LogP contribution in [0.2, 0.25) is 0 Å². The van der Waals surface area contributed by atoms with Crippen LogP contribution in [-0.4, -0.2) is 65.8 Å². The van der Waals surface area contributed by atoms with E-state index in [1.165, 1.54) is 5.19 Å². The smallest absolute Gasteiger partial charge is 0.140 e. The van der Waals surface area contributed by atoms with Crippen molar-refractivity contribution < 1.29 is 18.9 Å². The molecule has 7 heteroatoms. The highest BCUT2D eigenvalue weighted by molar-refractivity contribution is 6.54. The first-order valence-corrected chi connectivity index (χ1v) is 11.2. The van der Waals surface area contributed by atoms with E-state index in [4.69, 9.17) is 42.1 Å². The number of ether oxygens (including phenoxy) is 4. The lowest BCUT2D eigenvalue weighted by atomic mass is 10.4. The molecule has 0 saturated carbocycles. The van der Waals surface area contributed by atoms with Crippen LogP contribution in [0.4, 0.5) is 0 Å². The summed E-state index contributed by atoms with van der Waals surface area (Å²) in [6.07, 6.45) is 2.86. The van der Waals surface area contributed by atoms with Gasteiger partial charge in [0.15, 0.2) is 0 Å². The molecule has 0 aliphatic rings. The average molecular weight is 419 g/mol. The van der Waals surface area contributed by atoms with Crippen LogP contribution in [0.3, 0.4) is 0 Å². The van der Waals surface area contributed by atoms with Gasteiger partial charge in [-0.25, -0.2) is 0 Å². The SMILES string of the molecule is C=CCOCC(CCl)OC(OC(CCl)COCC=C)[SiH2]c1ccccc1. The molecule has 0 spiro atoms. The van der Waals surface area contributed by atoms with Gasteiger partial charge in [-0.05, 0) is 0 Å². The number of hydrogen-bond donors (Lipinski definition) is 0. The molecule has 0 aliphatic heterocycles. The van der Waals surface area contributed by atoms with E-state index in [0.29, 0.717) is 38.2 Å². The Kier molecular flexibility index (Phi) is 13.8. The van der Waals surface area contributed by atoms with Crippen molar-refractivity contribution in [3.63, 3.8) is 0 Å². The number of halogens is 2. The van der Waals surface area contributed by atoms with Crippen molar-refractivity contribution in [2.45, 2.75) is 18.1 Å². The van der Waals surface area contributed by atoms with Gasteiger partial charge in [-0.3, -0.25) is 0 Å². The molecule has 0 saturated heterocycles. The summed E-state index contributed by atoms with van der Waals surface area (Å²) < 4.78 is 23.1. The Bertz CT molecular complexity index is 466. The Labute approximate surface area is 168 Å². The van der Waals surface area contributed by atoms with Gasteiger partial charge >= 0.3 is 0 Å². The van der Waals surface area contributed by atoms with Gasteiger partial charge in [0, 0.05) is 0 Å². The normalized spacial score (nSPS) is 15.0. The third-order valence-corrected chi connectivity index (χ3v) is 5.71. The highest BCUT2D eigenvalue weighted by Crippen LogP contribution is 2.09. The molecular formula is C19H28Cl2O4Si. The van der Waals surface area contributed by atoms with Gasteiger partial charge in [0.1, 0.15) is 15.4 Å². The predicted molar refractivity (Wildman–Crippen MR) is 112 cm³/mol. The van der Waals surface area contributed by atoms with Crippen molar-refractivity contribution in [2.24, 2.45) is 0 Å². The van der Waals surface area contributed by atoms with E-state index in [0.717, 1.165) is 0 Å². The van der Waals surface area contributed by atoms with Crippen LogP contribution in [0.15, 0.2) is 55.6 Å². The second-order valence-electron chi connectivity index (χ2n) is 5.60. The molecular weight excluding hydrogens is 391 g/mol. The summed E-state index contributed by atoms with van der Waals surface area (Å²) in [5.41, 5.74) is 0. The first-order valence-electron chi connectivity index (χ1n) is 8.57. The van der Waals surface area contributed by atoms with Gasteiger partial charge < -0.3 is 18.9 Å². The zero-order chi connectivity index (χ0) is 19.0. The molecule has 2 atom stereocenters. The fraction of sp³-hybridized carbons (Fsp3) is 0.474. The summed E-state index contributed by atoms with van der Waals surface area (Å²) in [5, 5.41) is 1.23. The third-order valence-electron chi connectivity index (χ3n) is 3.36. The molecule has 0 heterocycles. The van der Waals surface area contributed by atoms with Crippen molar-refractivity contribution in [3.8, 4) is 0 Å². The maximum Gasteiger partial charge on any atom is 0.140 e. The molecule has 0 bridgehead atoms. The predicted octanol–water partition coefficient (Wildman–Crippen LogP) is 2.42. The summed E-state index contributed by atoms with van der Waals surface area (Å²) in [6, 6.07) is 10.2. The van der Waals surface area contributed by atoms with Gasteiger partial charge in [-0.1, -0.05) is 47.7 Å². The molecule has 1 aromatic rings. The Morgan fingerprint density at radius 3 is 1.81 bits per heavy atom. The van der Waals surface area contributed by atoms with Crippen molar-refractivity contribution in [1.29, 1.82) is 0 Å². The van der Waals surface area contributed by atoms with Crippen molar-refractivity contribution in [3.05, 3.63) is 55.6 Å². The van der Waals surface area contributed by atoms with Gasteiger partial charge in [-0.15, -0.1) is 36.4 Å². The molecule has 0 aromatic heterocycles. The molecule has 0 amide bonds. The summed E-state index contributed by atoms with van der Waals surface area (Å²) >= 11 is 12.1. The van der Waals surface area contributed by atoms with E-state index in [1.54, 1.807) is 12.2 Å². The summed E-state index contributed by atoms with van der Waals surface area (Å²) in [7, 11) is -0.872. The minimum atomic E-state index is -0.872. The molecule has 0 radical (unpaired) electrons. The minimum absolute atomic E-state index is 0.261. The quantitative estimate of drug-likeness (QED) is 0.136. The van der Waals surface area contributed by atoms with Crippen LogP contribution in [0.5, 0.6) is 0 Å². The van der Waals surface area contributed by atoms with Crippen molar-refractivity contribution >= 4 is 37.9 Å². The van der Waals surface area contributed by atoms with Gasteiger partial charge in [0.25, 0.3) is 0 Å². The molecule has 4 nitrogen and oxygen atoms in total. The first-order chi connectivity index (χ1) is 12.7. The lowest BCUT2D eigenvalue weighted by Gasteiger charge is -2.27. The number of benzene rings is 1. The molecule has 146 valence electrons. The first kappa shape index (κ1) is 23.4. The van der Waals surface area contributed by atoms with E-state index in [9.17, 15) is 0 Å². The van der Waals surface area contributed by atoms with E-state index in [2.05, 4.69) is 25.3 Å². The lowest BCUT2D eigenvalue weighted by molar-refractivity contribution is -0.160. The maximum atomic E-state index is 6.10. The number of rotatable bonds is 16. The maximum absolute atomic E-state index is 6.10. The Balaban J connectivity index is 2.69. The van der Waals surface area contributed by atoms with Crippen LogP contribution in [0.25, 0.3) is 0 Å². The van der Waals surface area contributed by atoms with Gasteiger partial charge in [-0.2, -0.15) is 0 Å².